The Morgan fingerprint density at radius 1 is 1.38 bits per heavy atom. The maximum Gasteiger partial charge on any atom is 0.122 e. The van der Waals surface area contributed by atoms with E-state index in [9.17, 15) is 0 Å². The van der Waals surface area contributed by atoms with E-state index in [1.165, 1.54) is 5.56 Å². The summed E-state index contributed by atoms with van der Waals surface area (Å²) in [5.74, 6) is 2.04. The van der Waals surface area contributed by atoms with Crippen LogP contribution in [0, 0.1) is 6.92 Å². The van der Waals surface area contributed by atoms with E-state index in [4.69, 9.17) is 10.5 Å². The number of rotatable bonds is 4. The molecular weight excluding hydrogens is 264 g/mol. The SMILES string of the molecule is COc1ccc(C(CN)N2CCn3ccnc3C2)cc1C. The van der Waals surface area contributed by atoms with Gasteiger partial charge in [-0.25, -0.2) is 4.98 Å². The van der Waals surface area contributed by atoms with Crippen molar-refractivity contribution < 1.29 is 4.74 Å². The van der Waals surface area contributed by atoms with Crippen molar-refractivity contribution in [2.75, 3.05) is 20.2 Å². The highest BCUT2D eigenvalue weighted by Crippen LogP contribution is 2.27. The lowest BCUT2D eigenvalue weighted by atomic mass is 10.0. The van der Waals surface area contributed by atoms with E-state index in [0.717, 1.165) is 36.8 Å². The van der Waals surface area contributed by atoms with Gasteiger partial charge in [-0.1, -0.05) is 12.1 Å². The highest BCUT2D eigenvalue weighted by atomic mass is 16.5. The first-order valence-corrected chi connectivity index (χ1v) is 7.31. The Bertz CT molecular complexity index is 622. The van der Waals surface area contributed by atoms with Crippen LogP contribution < -0.4 is 10.5 Å². The molecule has 1 aromatic heterocycles. The van der Waals surface area contributed by atoms with Crippen molar-refractivity contribution >= 4 is 0 Å². The van der Waals surface area contributed by atoms with Crippen molar-refractivity contribution in [2.45, 2.75) is 26.1 Å². The van der Waals surface area contributed by atoms with Crippen molar-refractivity contribution in [1.29, 1.82) is 0 Å². The molecule has 0 aliphatic carbocycles. The van der Waals surface area contributed by atoms with Crippen LogP contribution in [0.2, 0.25) is 0 Å². The number of hydrogen-bond acceptors (Lipinski definition) is 4. The largest absolute Gasteiger partial charge is 0.496 e. The van der Waals surface area contributed by atoms with Gasteiger partial charge >= 0.3 is 0 Å². The zero-order valence-electron chi connectivity index (χ0n) is 12.6. The second kappa shape index (κ2) is 5.87. The lowest BCUT2D eigenvalue weighted by Gasteiger charge is -2.34. The molecule has 0 bridgehead atoms. The summed E-state index contributed by atoms with van der Waals surface area (Å²) < 4.78 is 7.55. The van der Waals surface area contributed by atoms with Gasteiger partial charge in [0.2, 0.25) is 0 Å². The minimum atomic E-state index is 0.222. The number of fused-ring (bicyclic) bond motifs is 1. The van der Waals surface area contributed by atoms with Gasteiger partial charge in [0.05, 0.1) is 13.7 Å². The van der Waals surface area contributed by atoms with Crippen molar-refractivity contribution in [2.24, 2.45) is 5.73 Å². The third-order valence-corrected chi connectivity index (χ3v) is 4.24. The second-order valence-electron chi connectivity index (χ2n) is 5.49. The topological polar surface area (TPSA) is 56.3 Å². The maximum atomic E-state index is 6.05. The number of ether oxygens (including phenoxy) is 1. The number of imidazole rings is 1. The molecule has 0 amide bonds. The number of aromatic nitrogens is 2. The molecule has 2 aromatic rings. The first-order valence-electron chi connectivity index (χ1n) is 7.31. The monoisotopic (exact) mass is 286 g/mol. The number of benzene rings is 1. The van der Waals surface area contributed by atoms with E-state index >= 15 is 0 Å². The lowest BCUT2D eigenvalue weighted by molar-refractivity contribution is 0.156. The van der Waals surface area contributed by atoms with Crippen LogP contribution in [-0.2, 0) is 13.1 Å². The Balaban J connectivity index is 1.84. The van der Waals surface area contributed by atoms with Gasteiger partial charge in [0, 0.05) is 38.1 Å². The van der Waals surface area contributed by atoms with Gasteiger partial charge in [0.1, 0.15) is 11.6 Å². The summed E-state index contributed by atoms with van der Waals surface area (Å²) in [7, 11) is 1.70. The summed E-state index contributed by atoms with van der Waals surface area (Å²) in [6.45, 7) is 5.49. The number of methoxy groups -OCH3 is 1. The van der Waals surface area contributed by atoms with Crippen molar-refractivity contribution in [1.82, 2.24) is 14.5 Å². The van der Waals surface area contributed by atoms with Crippen LogP contribution in [0.25, 0.3) is 0 Å². The molecule has 5 nitrogen and oxygen atoms in total. The average molecular weight is 286 g/mol. The fraction of sp³-hybridized carbons (Fsp3) is 0.438. The van der Waals surface area contributed by atoms with Crippen molar-refractivity contribution in [3.63, 3.8) is 0 Å². The van der Waals surface area contributed by atoms with Crippen LogP contribution in [0.3, 0.4) is 0 Å². The molecule has 0 saturated carbocycles. The number of hydrogen-bond donors (Lipinski definition) is 1. The molecule has 0 spiro atoms. The summed E-state index contributed by atoms with van der Waals surface area (Å²) in [4.78, 5) is 6.83. The molecule has 3 rings (SSSR count). The first-order chi connectivity index (χ1) is 10.2. The Labute approximate surface area is 125 Å². The molecule has 1 aliphatic heterocycles. The molecule has 2 heterocycles. The van der Waals surface area contributed by atoms with Gasteiger partial charge in [-0.3, -0.25) is 4.90 Å². The van der Waals surface area contributed by atoms with E-state index in [0.29, 0.717) is 6.54 Å². The average Bonchev–Trinajstić information content (AvgIpc) is 2.96. The Kier molecular flexibility index (Phi) is 3.94. The summed E-state index contributed by atoms with van der Waals surface area (Å²) in [5.41, 5.74) is 8.44. The third-order valence-electron chi connectivity index (χ3n) is 4.24. The van der Waals surface area contributed by atoms with Crippen molar-refractivity contribution in [3.05, 3.63) is 47.5 Å². The first kappa shape index (κ1) is 14.1. The van der Waals surface area contributed by atoms with E-state index in [2.05, 4.69) is 33.5 Å². The van der Waals surface area contributed by atoms with Gasteiger partial charge in [-0.15, -0.1) is 0 Å². The zero-order chi connectivity index (χ0) is 14.8. The predicted octanol–water partition coefficient (Wildman–Crippen LogP) is 1.72. The third kappa shape index (κ3) is 2.66. The normalized spacial score (nSPS) is 16.5. The Hall–Kier alpha value is -1.85. The molecule has 0 radical (unpaired) electrons. The quantitative estimate of drug-likeness (QED) is 0.929. The molecule has 1 aromatic carbocycles. The highest BCUT2D eigenvalue weighted by Gasteiger charge is 2.24. The van der Waals surface area contributed by atoms with Crippen LogP contribution in [0.15, 0.2) is 30.6 Å². The summed E-state index contributed by atoms with van der Waals surface area (Å²) in [6, 6.07) is 6.54. The smallest absolute Gasteiger partial charge is 0.122 e. The molecule has 21 heavy (non-hydrogen) atoms. The van der Waals surface area contributed by atoms with E-state index in [-0.39, 0.29) is 6.04 Å². The molecule has 1 unspecified atom stereocenters. The van der Waals surface area contributed by atoms with Crippen LogP contribution >= 0.6 is 0 Å². The molecule has 112 valence electrons. The standard InChI is InChI=1S/C16H22N4O/c1-12-9-13(3-4-15(12)21-2)14(10-17)20-8-7-19-6-5-18-16(19)11-20/h3-6,9,14H,7-8,10-11,17H2,1-2H3. The van der Waals surface area contributed by atoms with Gasteiger partial charge in [0.15, 0.2) is 0 Å². The van der Waals surface area contributed by atoms with Crippen LogP contribution in [0.1, 0.15) is 23.0 Å². The summed E-state index contributed by atoms with van der Waals surface area (Å²) >= 11 is 0. The molecule has 1 aliphatic rings. The van der Waals surface area contributed by atoms with E-state index in [1.807, 2.05) is 18.5 Å². The molecule has 5 heteroatoms. The molecule has 1 atom stereocenters. The zero-order valence-corrected chi connectivity index (χ0v) is 12.6. The molecule has 2 N–H and O–H groups in total. The highest BCUT2D eigenvalue weighted by molar-refractivity contribution is 5.37. The Morgan fingerprint density at radius 3 is 2.95 bits per heavy atom. The summed E-state index contributed by atoms with van der Waals surface area (Å²) in [5, 5.41) is 0. The fourth-order valence-electron chi connectivity index (χ4n) is 3.06. The maximum absolute atomic E-state index is 6.05. The van der Waals surface area contributed by atoms with E-state index in [1.54, 1.807) is 7.11 Å². The lowest BCUT2D eigenvalue weighted by Crippen LogP contribution is -2.39. The van der Waals surface area contributed by atoms with Crippen molar-refractivity contribution in [3.8, 4) is 5.75 Å². The number of aryl methyl sites for hydroxylation is 1. The van der Waals surface area contributed by atoms with Gasteiger partial charge in [-0.05, 0) is 24.1 Å². The van der Waals surface area contributed by atoms with Gasteiger partial charge in [-0.2, -0.15) is 0 Å². The number of nitrogens with two attached hydrogens (primary N) is 1. The second-order valence-corrected chi connectivity index (χ2v) is 5.49. The van der Waals surface area contributed by atoms with Gasteiger partial charge < -0.3 is 15.0 Å². The predicted molar refractivity (Wildman–Crippen MR) is 82.2 cm³/mol. The molecular formula is C16H22N4O. The van der Waals surface area contributed by atoms with Crippen LogP contribution in [0.5, 0.6) is 5.75 Å². The van der Waals surface area contributed by atoms with Gasteiger partial charge in [0.25, 0.3) is 0 Å². The van der Waals surface area contributed by atoms with E-state index < -0.39 is 0 Å². The number of nitrogens with zero attached hydrogens (tertiary/aromatic N) is 3. The minimum absolute atomic E-state index is 0.222. The molecule has 0 saturated heterocycles. The molecule has 0 fully saturated rings. The minimum Gasteiger partial charge on any atom is -0.496 e. The fourth-order valence-corrected chi connectivity index (χ4v) is 3.06. The van der Waals surface area contributed by atoms with Crippen LogP contribution in [-0.4, -0.2) is 34.7 Å². The Morgan fingerprint density at radius 2 is 2.24 bits per heavy atom. The van der Waals surface area contributed by atoms with Crippen LogP contribution in [0.4, 0.5) is 0 Å². The summed E-state index contributed by atoms with van der Waals surface area (Å²) in [6.07, 6.45) is 3.91.